The fraction of sp³-hybridized carbons (Fsp3) is 0.316. The number of aryl methyl sites for hydroxylation is 1. The van der Waals surface area contributed by atoms with Crippen LogP contribution in [0, 0.1) is 6.92 Å². The second kappa shape index (κ2) is 7.37. The van der Waals surface area contributed by atoms with E-state index in [1.165, 1.54) is 13.2 Å². The molecule has 2 aromatic carbocycles. The molecule has 0 spiro atoms. The Morgan fingerprint density at radius 1 is 1.20 bits per heavy atom. The number of hydrogen-bond acceptors (Lipinski definition) is 4. The molecule has 0 saturated carbocycles. The Morgan fingerprint density at radius 2 is 1.80 bits per heavy atom. The summed E-state index contributed by atoms with van der Waals surface area (Å²) < 4.78 is 29.1. The van der Waals surface area contributed by atoms with Gasteiger partial charge in [0.1, 0.15) is 0 Å². The van der Waals surface area contributed by atoms with Crippen LogP contribution in [0.1, 0.15) is 47.7 Å². The van der Waals surface area contributed by atoms with Gasteiger partial charge in [-0.3, -0.25) is 0 Å². The molecule has 134 valence electrons. The number of carbonyl (C=O) groups is 1. The maximum Gasteiger partial charge on any atom is 0.338 e. The first-order valence-electron chi connectivity index (χ1n) is 8.05. The number of methoxy groups -OCH3 is 1. The number of rotatable bonds is 5. The fourth-order valence-electron chi connectivity index (χ4n) is 2.71. The summed E-state index contributed by atoms with van der Waals surface area (Å²) in [6.45, 7) is 5.94. The Labute approximate surface area is 148 Å². The number of hydrogen-bond donors (Lipinski definition) is 1. The van der Waals surface area contributed by atoms with Gasteiger partial charge in [0.2, 0.25) is 10.0 Å². The molecule has 2 aromatic rings. The molecule has 0 aliphatic rings. The van der Waals surface area contributed by atoms with Crippen LogP contribution in [-0.4, -0.2) is 21.5 Å². The summed E-state index contributed by atoms with van der Waals surface area (Å²) in [6, 6.07) is 10.6. The highest BCUT2D eigenvalue weighted by Gasteiger charge is 2.24. The second-order valence-electron chi connectivity index (χ2n) is 6.15. The minimum atomic E-state index is -4.01. The van der Waals surface area contributed by atoms with E-state index in [9.17, 15) is 13.2 Å². The first-order valence-corrected chi connectivity index (χ1v) is 9.59. The lowest BCUT2D eigenvalue weighted by molar-refractivity contribution is 0.0598. The number of carbonyl (C=O) groups excluding carboxylic acids is 1. The molecule has 2 N–H and O–H groups in total. The summed E-state index contributed by atoms with van der Waals surface area (Å²) in [7, 11) is -2.74. The van der Waals surface area contributed by atoms with Crippen LogP contribution in [0.25, 0.3) is 11.1 Å². The van der Waals surface area contributed by atoms with Crippen molar-refractivity contribution in [1.29, 1.82) is 0 Å². The Morgan fingerprint density at radius 3 is 2.28 bits per heavy atom. The maximum atomic E-state index is 12.2. The van der Waals surface area contributed by atoms with Crippen molar-refractivity contribution in [3.05, 3.63) is 53.1 Å². The van der Waals surface area contributed by atoms with Crippen molar-refractivity contribution < 1.29 is 17.9 Å². The van der Waals surface area contributed by atoms with Crippen molar-refractivity contribution in [2.45, 2.75) is 38.0 Å². The van der Waals surface area contributed by atoms with E-state index in [-0.39, 0.29) is 16.4 Å². The number of nitrogens with two attached hydrogens (primary N) is 1. The van der Waals surface area contributed by atoms with E-state index < -0.39 is 16.0 Å². The molecule has 1 unspecified atom stereocenters. The summed E-state index contributed by atoms with van der Waals surface area (Å²) in [4.78, 5) is 12.1. The number of primary sulfonamides is 1. The molecule has 25 heavy (non-hydrogen) atoms. The highest BCUT2D eigenvalue weighted by atomic mass is 32.2. The standard InChI is InChI=1S/C19H23NO4S/c1-5-13(3)15-10-16(14-8-6-12(2)7-9-14)18(25(20,22)23)11-17(15)19(21)24-4/h6-11,13H,5H2,1-4H3,(H2,20,22,23). The lowest BCUT2D eigenvalue weighted by Crippen LogP contribution is -2.17. The van der Waals surface area contributed by atoms with Crippen molar-refractivity contribution in [2.75, 3.05) is 7.11 Å². The van der Waals surface area contributed by atoms with E-state index in [0.717, 1.165) is 23.1 Å². The van der Waals surface area contributed by atoms with Crippen molar-refractivity contribution >= 4 is 16.0 Å². The Hall–Kier alpha value is -2.18. The fourth-order valence-corrected chi connectivity index (χ4v) is 3.47. The smallest absolute Gasteiger partial charge is 0.338 e. The maximum absolute atomic E-state index is 12.2. The zero-order chi connectivity index (χ0) is 18.8. The number of esters is 1. The van der Waals surface area contributed by atoms with Crippen molar-refractivity contribution in [1.82, 2.24) is 0 Å². The third-order valence-electron chi connectivity index (χ3n) is 4.37. The van der Waals surface area contributed by atoms with Gasteiger partial charge in [-0.05, 0) is 42.5 Å². The van der Waals surface area contributed by atoms with Gasteiger partial charge in [-0.25, -0.2) is 18.4 Å². The first-order chi connectivity index (χ1) is 11.7. The highest BCUT2D eigenvalue weighted by Crippen LogP contribution is 2.34. The SMILES string of the molecule is CCC(C)c1cc(-c2ccc(C)cc2)c(S(N)(=O)=O)cc1C(=O)OC. The molecule has 2 rings (SSSR count). The van der Waals surface area contributed by atoms with Gasteiger partial charge in [0.25, 0.3) is 0 Å². The summed E-state index contributed by atoms with van der Waals surface area (Å²) in [5.74, 6) is -0.511. The van der Waals surface area contributed by atoms with Gasteiger partial charge < -0.3 is 4.74 Å². The van der Waals surface area contributed by atoms with Gasteiger partial charge >= 0.3 is 5.97 Å². The molecule has 0 fully saturated rings. The van der Waals surface area contributed by atoms with Gasteiger partial charge in [-0.15, -0.1) is 0 Å². The minimum absolute atomic E-state index is 0.0628. The normalized spacial score (nSPS) is 12.7. The van der Waals surface area contributed by atoms with Crippen LogP contribution in [0.3, 0.4) is 0 Å². The summed E-state index contributed by atoms with van der Waals surface area (Å²) >= 11 is 0. The third kappa shape index (κ3) is 4.08. The quantitative estimate of drug-likeness (QED) is 0.824. The number of ether oxygens (including phenoxy) is 1. The van der Waals surface area contributed by atoms with Gasteiger partial charge in [-0.1, -0.05) is 43.7 Å². The molecule has 0 saturated heterocycles. The summed E-state index contributed by atoms with van der Waals surface area (Å²) in [6.07, 6.45) is 0.798. The monoisotopic (exact) mass is 361 g/mol. The van der Waals surface area contributed by atoms with Gasteiger partial charge in [0.15, 0.2) is 0 Å². The lowest BCUT2D eigenvalue weighted by atomic mass is 9.90. The molecule has 0 amide bonds. The van der Waals surface area contributed by atoms with Gasteiger partial charge in [-0.2, -0.15) is 0 Å². The average molecular weight is 361 g/mol. The summed E-state index contributed by atoms with van der Waals surface area (Å²) in [5.41, 5.74) is 3.27. The topological polar surface area (TPSA) is 86.5 Å². The predicted molar refractivity (Wildman–Crippen MR) is 98.0 cm³/mol. The van der Waals surface area contributed by atoms with E-state index in [1.54, 1.807) is 6.07 Å². The number of benzene rings is 2. The predicted octanol–water partition coefficient (Wildman–Crippen LogP) is 3.61. The molecule has 0 aliphatic heterocycles. The molecule has 0 radical (unpaired) electrons. The highest BCUT2D eigenvalue weighted by molar-refractivity contribution is 7.89. The van der Waals surface area contributed by atoms with E-state index in [2.05, 4.69) is 0 Å². The van der Waals surface area contributed by atoms with Crippen molar-refractivity contribution in [2.24, 2.45) is 5.14 Å². The molecular formula is C19H23NO4S. The molecule has 0 aromatic heterocycles. The van der Waals surface area contributed by atoms with E-state index in [1.807, 2.05) is 45.0 Å². The van der Waals surface area contributed by atoms with Crippen molar-refractivity contribution in [3.63, 3.8) is 0 Å². The lowest BCUT2D eigenvalue weighted by Gasteiger charge is -2.18. The van der Waals surface area contributed by atoms with E-state index in [4.69, 9.17) is 9.88 Å². The Kier molecular flexibility index (Phi) is 5.65. The first kappa shape index (κ1) is 19.1. The summed E-state index contributed by atoms with van der Waals surface area (Å²) in [5, 5.41) is 5.41. The zero-order valence-electron chi connectivity index (χ0n) is 14.9. The number of sulfonamides is 1. The van der Waals surface area contributed by atoms with Gasteiger partial charge in [0.05, 0.1) is 17.6 Å². The van der Waals surface area contributed by atoms with Crippen LogP contribution in [0.5, 0.6) is 0 Å². The van der Waals surface area contributed by atoms with Crippen LogP contribution in [0.2, 0.25) is 0 Å². The van der Waals surface area contributed by atoms with Gasteiger partial charge in [0, 0.05) is 5.56 Å². The second-order valence-corrected chi connectivity index (χ2v) is 7.68. The van der Waals surface area contributed by atoms with Crippen LogP contribution in [-0.2, 0) is 14.8 Å². The molecular weight excluding hydrogens is 338 g/mol. The Bertz CT molecular complexity index is 886. The van der Waals surface area contributed by atoms with Crippen LogP contribution in [0.15, 0.2) is 41.3 Å². The average Bonchev–Trinajstić information content (AvgIpc) is 2.59. The molecule has 0 bridgehead atoms. The van der Waals surface area contributed by atoms with Crippen LogP contribution < -0.4 is 5.14 Å². The molecule has 0 heterocycles. The molecule has 6 heteroatoms. The Balaban J connectivity index is 2.85. The van der Waals surface area contributed by atoms with Crippen molar-refractivity contribution in [3.8, 4) is 11.1 Å². The van der Waals surface area contributed by atoms with Crippen LogP contribution >= 0.6 is 0 Å². The van der Waals surface area contributed by atoms with E-state index >= 15 is 0 Å². The van der Waals surface area contributed by atoms with Crippen LogP contribution in [0.4, 0.5) is 0 Å². The van der Waals surface area contributed by atoms with E-state index in [0.29, 0.717) is 5.56 Å². The largest absolute Gasteiger partial charge is 0.465 e. The molecule has 0 aliphatic carbocycles. The minimum Gasteiger partial charge on any atom is -0.465 e. The molecule has 1 atom stereocenters. The molecule has 5 nitrogen and oxygen atoms in total. The zero-order valence-corrected chi connectivity index (χ0v) is 15.7. The third-order valence-corrected chi connectivity index (χ3v) is 5.32.